The van der Waals surface area contributed by atoms with Crippen molar-refractivity contribution in [1.29, 1.82) is 0 Å². The molecule has 1 heterocycles. The molecule has 0 atom stereocenters. The molecule has 0 radical (unpaired) electrons. The standard InChI is InChI=1S/C12H15N3/c1-8-12(9(2)15-14-8)10-4-6-11(13-3)7-5-10/h4-7,13H,1-3H3,(H,14,15). The summed E-state index contributed by atoms with van der Waals surface area (Å²) in [7, 11) is 1.92. The predicted molar refractivity (Wildman–Crippen MR) is 63.0 cm³/mol. The molecule has 2 N–H and O–H groups in total. The zero-order chi connectivity index (χ0) is 10.8. The van der Waals surface area contributed by atoms with E-state index in [1.54, 1.807) is 0 Å². The lowest BCUT2D eigenvalue weighted by atomic mass is 10.0. The Morgan fingerprint density at radius 3 is 2.27 bits per heavy atom. The fraction of sp³-hybridized carbons (Fsp3) is 0.250. The van der Waals surface area contributed by atoms with Crippen LogP contribution in [-0.4, -0.2) is 17.2 Å². The summed E-state index contributed by atoms with van der Waals surface area (Å²) in [5.41, 5.74) is 5.70. The first-order valence-electron chi connectivity index (χ1n) is 5.02. The van der Waals surface area contributed by atoms with Gasteiger partial charge in [0.25, 0.3) is 0 Å². The van der Waals surface area contributed by atoms with Crippen LogP contribution in [0.1, 0.15) is 11.4 Å². The van der Waals surface area contributed by atoms with Gasteiger partial charge in [-0.25, -0.2) is 0 Å². The average molecular weight is 201 g/mol. The Bertz CT molecular complexity index is 435. The highest BCUT2D eigenvalue weighted by atomic mass is 15.1. The highest BCUT2D eigenvalue weighted by Gasteiger charge is 2.07. The molecular formula is C12H15N3. The molecule has 0 saturated carbocycles. The SMILES string of the molecule is CNc1ccc(-c2c(C)n[nH]c2C)cc1. The van der Waals surface area contributed by atoms with Gasteiger partial charge in [-0.2, -0.15) is 5.10 Å². The van der Waals surface area contributed by atoms with Crippen molar-refractivity contribution in [1.82, 2.24) is 10.2 Å². The third kappa shape index (κ3) is 1.73. The second-order valence-electron chi connectivity index (χ2n) is 3.64. The smallest absolute Gasteiger partial charge is 0.0672 e. The van der Waals surface area contributed by atoms with E-state index in [0.29, 0.717) is 0 Å². The maximum atomic E-state index is 4.19. The summed E-state index contributed by atoms with van der Waals surface area (Å²) in [4.78, 5) is 0. The first-order chi connectivity index (χ1) is 7.22. The monoisotopic (exact) mass is 201 g/mol. The third-order valence-electron chi connectivity index (χ3n) is 2.59. The summed E-state index contributed by atoms with van der Waals surface area (Å²) in [6, 6.07) is 8.36. The third-order valence-corrected chi connectivity index (χ3v) is 2.59. The van der Waals surface area contributed by atoms with Crippen LogP contribution in [0.15, 0.2) is 24.3 Å². The Balaban J connectivity index is 2.45. The second-order valence-corrected chi connectivity index (χ2v) is 3.64. The molecule has 78 valence electrons. The summed E-state index contributed by atoms with van der Waals surface area (Å²) in [6.45, 7) is 4.06. The Hall–Kier alpha value is -1.77. The van der Waals surface area contributed by atoms with Gasteiger partial charge in [0.05, 0.1) is 5.69 Å². The van der Waals surface area contributed by atoms with E-state index >= 15 is 0 Å². The van der Waals surface area contributed by atoms with Gasteiger partial charge in [0.1, 0.15) is 0 Å². The zero-order valence-electron chi connectivity index (χ0n) is 9.26. The minimum Gasteiger partial charge on any atom is -0.388 e. The Morgan fingerprint density at radius 2 is 1.80 bits per heavy atom. The number of aryl methyl sites for hydroxylation is 2. The van der Waals surface area contributed by atoms with Crippen LogP contribution in [-0.2, 0) is 0 Å². The van der Waals surface area contributed by atoms with Crippen molar-refractivity contribution in [2.45, 2.75) is 13.8 Å². The maximum absolute atomic E-state index is 4.19. The largest absolute Gasteiger partial charge is 0.388 e. The fourth-order valence-corrected chi connectivity index (χ4v) is 1.78. The number of rotatable bonds is 2. The number of benzene rings is 1. The maximum Gasteiger partial charge on any atom is 0.0672 e. The minimum absolute atomic E-state index is 1.05. The summed E-state index contributed by atoms with van der Waals surface area (Å²) in [6.07, 6.45) is 0. The molecule has 0 aliphatic carbocycles. The normalized spacial score (nSPS) is 10.3. The van der Waals surface area contributed by atoms with Crippen LogP contribution in [0.5, 0.6) is 0 Å². The van der Waals surface area contributed by atoms with Crippen molar-refractivity contribution in [3.05, 3.63) is 35.7 Å². The molecule has 0 aliphatic heterocycles. The van der Waals surface area contributed by atoms with E-state index in [9.17, 15) is 0 Å². The van der Waals surface area contributed by atoms with Gasteiger partial charge in [-0.15, -0.1) is 0 Å². The molecular weight excluding hydrogens is 186 g/mol. The van der Waals surface area contributed by atoms with Gasteiger partial charge in [0.15, 0.2) is 0 Å². The molecule has 0 spiro atoms. The van der Waals surface area contributed by atoms with Gasteiger partial charge in [0, 0.05) is 24.0 Å². The van der Waals surface area contributed by atoms with Crippen molar-refractivity contribution in [2.24, 2.45) is 0 Å². The quantitative estimate of drug-likeness (QED) is 0.784. The predicted octanol–water partition coefficient (Wildman–Crippen LogP) is 2.74. The number of aromatic nitrogens is 2. The highest BCUT2D eigenvalue weighted by molar-refractivity contribution is 5.69. The van der Waals surface area contributed by atoms with E-state index < -0.39 is 0 Å². The topological polar surface area (TPSA) is 40.7 Å². The fourth-order valence-electron chi connectivity index (χ4n) is 1.78. The van der Waals surface area contributed by atoms with Gasteiger partial charge < -0.3 is 5.32 Å². The van der Waals surface area contributed by atoms with Crippen LogP contribution in [0.3, 0.4) is 0 Å². The first kappa shape index (κ1) is 9.77. The highest BCUT2D eigenvalue weighted by Crippen LogP contribution is 2.26. The summed E-state index contributed by atoms with van der Waals surface area (Å²) in [5, 5.41) is 10.3. The van der Waals surface area contributed by atoms with E-state index in [1.807, 2.05) is 20.9 Å². The minimum atomic E-state index is 1.05. The average Bonchev–Trinajstić information content (AvgIpc) is 2.59. The number of aromatic amines is 1. The van der Waals surface area contributed by atoms with E-state index in [2.05, 4.69) is 39.8 Å². The van der Waals surface area contributed by atoms with Crippen LogP contribution in [0.2, 0.25) is 0 Å². The van der Waals surface area contributed by atoms with Gasteiger partial charge in [-0.3, -0.25) is 5.10 Å². The van der Waals surface area contributed by atoms with Gasteiger partial charge in [0.2, 0.25) is 0 Å². The number of H-pyrrole nitrogens is 1. The molecule has 2 aromatic rings. The number of nitrogens with zero attached hydrogens (tertiary/aromatic N) is 1. The van der Waals surface area contributed by atoms with Gasteiger partial charge in [-0.1, -0.05) is 12.1 Å². The van der Waals surface area contributed by atoms with Crippen molar-refractivity contribution in [3.8, 4) is 11.1 Å². The first-order valence-corrected chi connectivity index (χ1v) is 5.02. The molecule has 0 fully saturated rings. The van der Waals surface area contributed by atoms with Crippen molar-refractivity contribution in [2.75, 3.05) is 12.4 Å². The number of anilines is 1. The lowest BCUT2D eigenvalue weighted by molar-refractivity contribution is 1.02. The molecule has 0 saturated heterocycles. The zero-order valence-corrected chi connectivity index (χ0v) is 9.26. The lowest BCUT2D eigenvalue weighted by Gasteiger charge is -2.03. The van der Waals surface area contributed by atoms with E-state index in [-0.39, 0.29) is 0 Å². The molecule has 0 aliphatic rings. The molecule has 1 aromatic heterocycles. The number of nitrogens with one attached hydrogen (secondary N) is 2. The molecule has 0 bridgehead atoms. The van der Waals surface area contributed by atoms with Crippen LogP contribution in [0.25, 0.3) is 11.1 Å². The van der Waals surface area contributed by atoms with Crippen molar-refractivity contribution < 1.29 is 0 Å². The van der Waals surface area contributed by atoms with Crippen molar-refractivity contribution in [3.63, 3.8) is 0 Å². The molecule has 3 nitrogen and oxygen atoms in total. The van der Waals surface area contributed by atoms with Crippen LogP contribution >= 0.6 is 0 Å². The second kappa shape index (κ2) is 3.77. The summed E-state index contributed by atoms with van der Waals surface area (Å²) >= 11 is 0. The molecule has 3 heteroatoms. The van der Waals surface area contributed by atoms with Crippen LogP contribution in [0, 0.1) is 13.8 Å². The van der Waals surface area contributed by atoms with Crippen LogP contribution in [0.4, 0.5) is 5.69 Å². The van der Waals surface area contributed by atoms with E-state index in [0.717, 1.165) is 17.1 Å². The molecule has 1 aromatic carbocycles. The lowest BCUT2D eigenvalue weighted by Crippen LogP contribution is -1.87. The van der Waals surface area contributed by atoms with E-state index in [1.165, 1.54) is 11.1 Å². The number of hydrogen-bond acceptors (Lipinski definition) is 2. The van der Waals surface area contributed by atoms with E-state index in [4.69, 9.17) is 0 Å². The number of hydrogen-bond donors (Lipinski definition) is 2. The summed E-state index contributed by atoms with van der Waals surface area (Å²) in [5.74, 6) is 0. The van der Waals surface area contributed by atoms with Crippen LogP contribution < -0.4 is 5.32 Å². The van der Waals surface area contributed by atoms with Crippen molar-refractivity contribution >= 4 is 5.69 Å². The van der Waals surface area contributed by atoms with Gasteiger partial charge >= 0.3 is 0 Å². The Morgan fingerprint density at radius 1 is 1.13 bits per heavy atom. The molecule has 0 unspecified atom stereocenters. The molecule has 15 heavy (non-hydrogen) atoms. The Kier molecular flexibility index (Phi) is 2.46. The summed E-state index contributed by atoms with van der Waals surface area (Å²) < 4.78 is 0. The molecule has 2 rings (SSSR count). The van der Waals surface area contributed by atoms with Gasteiger partial charge in [-0.05, 0) is 31.5 Å². The Labute approximate surface area is 89.5 Å². The molecule has 0 amide bonds.